The van der Waals surface area contributed by atoms with Gasteiger partial charge in [0.1, 0.15) is 5.71 Å². The van der Waals surface area contributed by atoms with Gasteiger partial charge in [0.05, 0.1) is 10.0 Å². The highest BCUT2D eigenvalue weighted by molar-refractivity contribution is 6.41. The molecule has 0 aliphatic rings. The van der Waals surface area contributed by atoms with Crippen LogP contribution in [-0.2, 0) is 0 Å². The molecule has 0 saturated carbocycles. The minimum atomic E-state index is 0.399. The molecule has 0 aliphatic carbocycles. The molecule has 0 aliphatic heterocycles. The van der Waals surface area contributed by atoms with Crippen LogP contribution in [0.4, 0.5) is 0 Å². The van der Waals surface area contributed by atoms with Crippen LogP contribution in [0.1, 0.15) is 27.8 Å². The zero-order valence-corrected chi connectivity index (χ0v) is 13.0. The summed E-state index contributed by atoms with van der Waals surface area (Å²) < 4.78 is 0. The molecule has 0 saturated heterocycles. The van der Waals surface area contributed by atoms with Gasteiger partial charge in [-0.3, -0.25) is 0 Å². The molecule has 0 aromatic heterocycles. The summed E-state index contributed by atoms with van der Waals surface area (Å²) in [4.78, 5) is 0. The van der Waals surface area contributed by atoms with Gasteiger partial charge in [-0.05, 0) is 44.0 Å². The van der Waals surface area contributed by atoms with Crippen molar-refractivity contribution in [3.63, 3.8) is 0 Å². The van der Waals surface area contributed by atoms with E-state index in [1.54, 1.807) is 18.2 Å². The van der Waals surface area contributed by atoms with Gasteiger partial charge in [0.2, 0.25) is 0 Å². The lowest BCUT2D eigenvalue weighted by Gasteiger charge is -2.15. The van der Waals surface area contributed by atoms with Crippen molar-refractivity contribution >= 4 is 28.9 Å². The molecule has 104 valence electrons. The second kappa shape index (κ2) is 5.86. The van der Waals surface area contributed by atoms with Crippen molar-refractivity contribution in [2.24, 2.45) is 5.16 Å². The number of benzene rings is 2. The summed E-state index contributed by atoms with van der Waals surface area (Å²) in [5.74, 6) is 0. The molecule has 0 fully saturated rings. The van der Waals surface area contributed by atoms with Crippen LogP contribution in [0.5, 0.6) is 0 Å². The minimum absolute atomic E-state index is 0.399. The second-order valence-electron chi connectivity index (χ2n) is 4.82. The Hall–Kier alpha value is -1.51. The van der Waals surface area contributed by atoms with E-state index in [4.69, 9.17) is 23.2 Å². The standard InChI is InChI=1S/C16H15Cl2NO/c1-9-7-10(2)14(11(3)8-9)16(19-20)15-12(17)5-4-6-13(15)18/h4-8,20H,1-3H3. The third-order valence-electron chi connectivity index (χ3n) is 3.21. The lowest BCUT2D eigenvalue weighted by Crippen LogP contribution is -2.10. The largest absolute Gasteiger partial charge is 0.410 e. The van der Waals surface area contributed by atoms with E-state index in [0.717, 1.165) is 22.3 Å². The molecular weight excluding hydrogens is 293 g/mol. The van der Waals surface area contributed by atoms with Crippen LogP contribution in [0.25, 0.3) is 0 Å². The maximum absolute atomic E-state index is 9.47. The Morgan fingerprint density at radius 3 is 1.90 bits per heavy atom. The molecule has 2 aromatic carbocycles. The summed E-state index contributed by atoms with van der Waals surface area (Å²) in [7, 11) is 0. The van der Waals surface area contributed by atoms with Gasteiger partial charge in [-0.1, -0.05) is 52.1 Å². The third kappa shape index (κ3) is 2.67. The zero-order chi connectivity index (χ0) is 14.9. The molecule has 2 aromatic rings. The maximum atomic E-state index is 9.47. The van der Waals surface area contributed by atoms with E-state index in [0.29, 0.717) is 21.3 Å². The number of hydrogen-bond acceptors (Lipinski definition) is 2. The van der Waals surface area contributed by atoms with Gasteiger partial charge in [0.25, 0.3) is 0 Å². The van der Waals surface area contributed by atoms with Gasteiger partial charge >= 0.3 is 0 Å². The predicted molar refractivity (Wildman–Crippen MR) is 84.5 cm³/mol. The summed E-state index contributed by atoms with van der Waals surface area (Å²) in [5, 5.41) is 13.8. The summed E-state index contributed by atoms with van der Waals surface area (Å²) in [6, 6.07) is 9.30. The van der Waals surface area contributed by atoms with Crippen molar-refractivity contribution < 1.29 is 5.21 Å². The van der Waals surface area contributed by atoms with Crippen molar-refractivity contribution in [3.05, 3.63) is 68.2 Å². The van der Waals surface area contributed by atoms with Crippen molar-refractivity contribution in [1.82, 2.24) is 0 Å². The van der Waals surface area contributed by atoms with E-state index in [-0.39, 0.29) is 0 Å². The second-order valence-corrected chi connectivity index (χ2v) is 5.63. The first-order chi connectivity index (χ1) is 9.45. The highest BCUT2D eigenvalue weighted by Crippen LogP contribution is 2.30. The van der Waals surface area contributed by atoms with Crippen LogP contribution < -0.4 is 0 Å². The fourth-order valence-corrected chi connectivity index (χ4v) is 3.08. The van der Waals surface area contributed by atoms with Crippen molar-refractivity contribution in [1.29, 1.82) is 0 Å². The Bertz CT molecular complexity index is 650. The molecular formula is C16H15Cl2NO. The quantitative estimate of drug-likeness (QED) is 0.465. The van der Waals surface area contributed by atoms with E-state index in [2.05, 4.69) is 5.16 Å². The van der Waals surface area contributed by atoms with E-state index in [9.17, 15) is 5.21 Å². The average Bonchev–Trinajstić information content (AvgIpc) is 2.35. The summed E-state index contributed by atoms with van der Waals surface area (Å²) in [6.45, 7) is 5.98. The highest BCUT2D eigenvalue weighted by atomic mass is 35.5. The molecule has 4 heteroatoms. The molecule has 2 nitrogen and oxygen atoms in total. The topological polar surface area (TPSA) is 32.6 Å². The number of nitrogens with zero attached hydrogens (tertiary/aromatic N) is 1. The first-order valence-electron chi connectivity index (χ1n) is 6.20. The molecule has 0 heterocycles. The molecule has 0 atom stereocenters. The molecule has 0 spiro atoms. The van der Waals surface area contributed by atoms with E-state index < -0.39 is 0 Å². The Morgan fingerprint density at radius 2 is 1.45 bits per heavy atom. The zero-order valence-electron chi connectivity index (χ0n) is 11.5. The Labute approximate surface area is 128 Å². The normalized spacial score (nSPS) is 11.8. The van der Waals surface area contributed by atoms with E-state index in [1.165, 1.54) is 0 Å². The third-order valence-corrected chi connectivity index (χ3v) is 3.84. The Morgan fingerprint density at radius 1 is 0.950 bits per heavy atom. The van der Waals surface area contributed by atoms with Gasteiger partial charge in [-0.15, -0.1) is 0 Å². The van der Waals surface area contributed by atoms with Gasteiger partial charge < -0.3 is 5.21 Å². The van der Waals surface area contributed by atoms with Crippen LogP contribution in [0.3, 0.4) is 0 Å². The van der Waals surface area contributed by atoms with Gasteiger partial charge in [0, 0.05) is 11.1 Å². The Kier molecular flexibility index (Phi) is 4.36. The first-order valence-corrected chi connectivity index (χ1v) is 6.96. The molecule has 2 rings (SSSR count). The van der Waals surface area contributed by atoms with Gasteiger partial charge in [0.15, 0.2) is 0 Å². The van der Waals surface area contributed by atoms with Crippen molar-refractivity contribution in [3.8, 4) is 0 Å². The lowest BCUT2D eigenvalue weighted by molar-refractivity contribution is 0.319. The van der Waals surface area contributed by atoms with Crippen molar-refractivity contribution in [2.45, 2.75) is 20.8 Å². The predicted octanol–water partition coefficient (Wildman–Crippen LogP) is 5.15. The summed E-state index contributed by atoms with van der Waals surface area (Å²) in [5.41, 5.74) is 5.00. The van der Waals surface area contributed by atoms with Crippen LogP contribution >= 0.6 is 23.2 Å². The van der Waals surface area contributed by atoms with Crippen LogP contribution in [0.2, 0.25) is 10.0 Å². The Balaban J connectivity index is 2.73. The van der Waals surface area contributed by atoms with Crippen LogP contribution in [-0.4, -0.2) is 10.9 Å². The summed E-state index contributed by atoms with van der Waals surface area (Å²) in [6.07, 6.45) is 0. The van der Waals surface area contributed by atoms with Crippen LogP contribution in [0.15, 0.2) is 35.5 Å². The maximum Gasteiger partial charge on any atom is 0.120 e. The fourth-order valence-electron chi connectivity index (χ4n) is 2.50. The number of hydrogen-bond donors (Lipinski definition) is 1. The number of rotatable bonds is 2. The molecule has 20 heavy (non-hydrogen) atoms. The lowest BCUT2D eigenvalue weighted by atomic mass is 9.92. The first kappa shape index (κ1) is 14.9. The fraction of sp³-hybridized carbons (Fsp3) is 0.188. The number of oxime groups is 1. The molecule has 0 radical (unpaired) electrons. The van der Waals surface area contributed by atoms with Crippen molar-refractivity contribution in [2.75, 3.05) is 0 Å². The molecule has 0 amide bonds. The SMILES string of the molecule is Cc1cc(C)c(C(=NO)c2c(Cl)cccc2Cl)c(C)c1. The molecule has 0 unspecified atom stereocenters. The molecule has 1 N–H and O–H groups in total. The van der Waals surface area contributed by atoms with Crippen LogP contribution in [0, 0.1) is 20.8 Å². The smallest absolute Gasteiger partial charge is 0.120 e. The van der Waals surface area contributed by atoms with E-state index >= 15 is 0 Å². The number of aryl methyl sites for hydroxylation is 3. The molecule has 0 bridgehead atoms. The van der Waals surface area contributed by atoms with Gasteiger partial charge in [-0.2, -0.15) is 0 Å². The van der Waals surface area contributed by atoms with E-state index in [1.807, 2.05) is 32.9 Å². The highest BCUT2D eigenvalue weighted by Gasteiger charge is 2.19. The average molecular weight is 308 g/mol. The number of halogens is 2. The summed E-state index contributed by atoms with van der Waals surface area (Å²) >= 11 is 12.4. The monoisotopic (exact) mass is 307 g/mol. The minimum Gasteiger partial charge on any atom is -0.410 e. The van der Waals surface area contributed by atoms with Gasteiger partial charge in [-0.25, -0.2) is 0 Å².